The van der Waals surface area contributed by atoms with Crippen LogP contribution in [0, 0.1) is 11.6 Å². The van der Waals surface area contributed by atoms with Gasteiger partial charge in [0.1, 0.15) is 11.6 Å². The summed E-state index contributed by atoms with van der Waals surface area (Å²) < 4.78 is 89.6. The Balaban J connectivity index is 1.79. The van der Waals surface area contributed by atoms with Crippen molar-refractivity contribution in [1.29, 1.82) is 0 Å². The molecule has 2 N–H and O–H groups in total. The summed E-state index contributed by atoms with van der Waals surface area (Å²) in [5.74, 6) is -2.49. The number of alkyl halides is 3. The van der Waals surface area contributed by atoms with Crippen LogP contribution in [-0.2, 0) is 16.2 Å². The number of piperazine rings is 1. The van der Waals surface area contributed by atoms with Crippen molar-refractivity contribution in [1.82, 2.24) is 4.90 Å². The Morgan fingerprint density at radius 2 is 1.60 bits per heavy atom. The predicted octanol–water partition coefficient (Wildman–Crippen LogP) is 2.59. The number of carbonyl (C=O) groups excluding carboxylic acids is 1. The Bertz CT molecular complexity index is 1080. The molecule has 0 radical (unpaired) electrons. The normalized spacial score (nSPS) is 15.4. The summed E-state index contributed by atoms with van der Waals surface area (Å²) in [6, 6.07) is 5.26. The van der Waals surface area contributed by atoms with Gasteiger partial charge in [0.25, 0.3) is 5.91 Å². The van der Waals surface area contributed by atoms with Crippen LogP contribution in [0.2, 0.25) is 0 Å². The van der Waals surface area contributed by atoms with Gasteiger partial charge < -0.3 is 9.80 Å². The maximum absolute atomic E-state index is 13.8. The van der Waals surface area contributed by atoms with Crippen LogP contribution in [0.5, 0.6) is 0 Å². The van der Waals surface area contributed by atoms with E-state index in [2.05, 4.69) is 0 Å². The molecule has 6 nitrogen and oxygen atoms in total. The molecule has 2 aromatic rings. The quantitative estimate of drug-likeness (QED) is 0.731. The summed E-state index contributed by atoms with van der Waals surface area (Å²) in [6.45, 7) is 0.406. The highest BCUT2D eigenvalue weighted by Crippen LogP contribution is 2.36. The van der Waals surface area contributed by atoms with Gasteiger partial charge in [-0.25, -0.2) is 22.3 Å². The number of rotatable bonds is 3. The third-order valence-electron chi connectivity index (χ3n) is 4.67. The van der Waals surface area contributed by atoms with E-state index in [1.54, 1.807) is 0 Å². The van der Waals surface area contributed by atoms with E-state index in [-0.39, 0.29) is 37.4 Å². The smallest absolute Gasteiger partial charge is 0.368 e. The highest BCUT2D eigenvalue weighted by Gasteiger charge is 2.37. The average Bonchev–Trinajstić information content (AvgIpc) is 2.66. The first-order valence-electron chi connectivity index (χ1n) is 8.61. The molecule has 0 spiro atoms. The molecule has 1 aliphatic heterocycles. The Kier molecular flexibility index (Phi) is 5.74. The second kappa shape index (κ2) is 7.84. The van der Waals surface area contributed by atoms with Gasteiger partial charge in [0.2, 0.25) is 10.0 Å². The zero-order chi connectivity index (χ0) is 22.3. The van der Waals surface area contributed by atoms with Gasteiger partial charge in [-0.1, -0.05) is 0 Å². The van der Waals surface area contributed by atoms with Crippen molar-refractivity contribution in [3.8, 4) is 0 Å². The molecule has 1 aliphatic rings. The largest absolute Gasteiger partial charge is 0.417 e. The van der Waals surface area contributed by atoms with Gasteiger partial charge in [0, 0.05) is 37.9 Å². The topological polar surface area (TPSA) is 83.7 Å². The molecule has 0 bridgehead atoms. The van der Waals surface area contributed by atoms with Crippen LogP contribution in [0.15, 0.2) is 41.3 Å². The van der Waals surface area contributed by atoms with Crippen molar-refractivity contribution in [2.75, 3.05) is 31.1 Å². The number of nitrogens with two attached hydrogens (primary N) is 1. The van der Waals surface area contributed by atoms with E-state index in [9.17, 15) is 35.2 Å². The number of halogens is 5. The third-order valence-corrected chi connectivity index (χ3v) is 5.64. The SMILES string of the molecule is NS(=O)(=O)c1ccc(N2CCN(C(=O)c3ccc(F)cc3F)CC2)cc1C(F)(F)F. The monoisotopic (exact) mass is 449 g/mol. The molecular formula is C18H16F5N3O3S. The van der Waals surface area contributed by atoms with Gasteiger partial charge in [-0.05, 0) is 30.3 Å². The lowest BCUT2D eigenvalue weighted by Crippen LogP contribution is -2.49. The lowest BCUT2D eigenvalue weighted by atomic mass is 10.1. The number of hydrogen-bond acceptors (Lipinski definition) is 4. The highest BCUT2D eigenvalue weighted by atomic mass is 32.2. The Morgan fingerprint density at radius 1 is 0.967 bits per heavy atom. The molecule has 1 amide bonds. The number of amides is 1. The van der Waals surface area contributed by atoms with E-state index in [4.69, 9.17) is 5.14 Å². The van der Waals surface area contributed by atoms with Crippen molar-refractivity contribution >= 4 is 21.6 Å². The minimum atomic E-state index is -4.93. The first-order chi connectivity index (χ1) is 13.9. The Labute approximate surface area is 168 Å². The van der Waals surface area contributed by atoms with Gasteiger partial charge in [0.15, 0.2) is 0 Å². The molecule has 30 heavy (non-hydrogen) atoms. The Morgan fingerprint density at radius 3 is 2.13 bits per heavy atom. The van der Waals surface area contributed by atoms with Crippen molar-refractivity contribution in [3.05, 3.63) is 59.2 Å². The van der Waals surface area contributed by atoms with E-state index < -0.39 is 44.2 Å². The maximum Gasteiger partial charge on any atom is 0.417 e. The number of anilines is 1. The molecule has 1 saturated heterocycles. The van der Waals surface area contributed by atoms with Crippen molar-refractivity contribution < 1.29 is 35.2 Å². The summed E-state index contributed by atoms with van der Waals surface area (Å²) in [5, 5.41) is 4.87. The van der Waals surface area contributed by atoms with Gasteiger partial charge in [-0.3, -0.25) is 4.79 Å². The summed E-state index contributed by atoms with van der Waals surface area (Å²) >= 11 is 0. The summed E-state index contributed by atoms with van der Waals surface area (Å²) in [6.07, 6.45) is -4.93. The molecule has 2 aromatic carbocycles. The van der Waals surface area contributed by atoms with E-state index in [1.165, 1.54) is 15.9 Å². The predicted molar refractivity (Wildman–Crippen MR) is 97.3 cm³/mol. The Hall–Kier alpha value is -2.73. The van der Waals surface area contributed by atoms with E-state index in [0.717, 1.165) is 18.2 Å². The number of carbonyl (C=O) groups is 1. The van der Waals surface area contributed by atoms with Crippen molar-refractivity contribution in [3.63, 3.8) is 0 Å². The first-order valence-corrected chi connectivity index (χ1v) is 10.2. The summed E-state index contributed by atoms with van der Waals surface area (Å²) in [5.41, 5.74) is -1.58. The zero-order valence-electron chi connectivity index (χ0n) is 15.3. The van der Waals surface area contributed by atoms with E-state index >= 15 is 0 Å². The zero-order valence-corrected chi connectivity index (χ0v) is 16.1. The third kappa shape index (κ3) is 4.54. The maximum atomic E-state index is 13.8. The van der Waals surface area contributed by atoms with Crippen LogP contribution in [0.3, 0.4) is 0 Å². The van der Waals surface area contributed by atoms with Crippen LogP contribution in [-0.4, -0.2) is 45.4 Å². The fourth-order valence-electron chi connectivity index (χ4n) is 3.19. The number of nitrogens with zero attached hydrogens (tertiary/aromatic N) is 2. The molecule has 0 aliphatic carbocycles. The second-order valence-electron chi connectivity index (χ2n) is 6.63. The van der Waals surface area contributed by atoms with Crippen molar-refractivity contribution in [2.45, 2.75) is 11.1 Å². The standard InChI is InChI=1S/C18H16F5N3O3S/c19-11-1-3-13(15(20)9-11)17(27)26-7-5-25(6-8-26)12-2-4-16(30(24,28)29)14(10-12)18(21,22)23/h1-4,9-10H,5-8H2,(H2,24,28,29). The fraction of sp³-hybridized carbons (Fsp3) is 0.278. The van der Waals surface area contributed by atoms with Crippen molar-refractivity contribution in [2.24, 2.45) is 5.14 Å². The fourth-order valence-corrected chi connectivity index (χ4v) is 3.92. The molecule has 0 saturated carbocycles. The molecular weight excluding hydrogens is 433 g/mol. The van der Waals surface area contributed by atoms with Crippen LogP contribution in [0.25, 0.3) is 0 Å². The minimum absolute atomic E-state index is 0.0773. The van der Waals surface area contributed by atoms with E-state index in [0.29, 0.717) is 12.1 Å². The van der Waals surface area contributed by atoms with Gasteiger partial charge in [0.05, 0.1) is 16.0 Å². The average molecular weight is 449 g/mol. The molecule has 1 fully saturated rings. The van der Waals surface area contributed by atoms with Gasteiger partial charge in [-0.2, -0.15) is 13.2 Å². The number of benzene rings is 2. The summed E-state index contributed by atoms with van der Waals surface area (Å²) in [4.78, 5) is 14.2. The van der Waals surface area contributed by atoms with E-state index in [1.807, 2.05) is 0 Å². The molecule has 0 unspecified atom stereocenters. The number of sulfonamides is 1. The van der Waals surface area contributed by atoms with Gasteiger partial charge in [-0.15, -0.1) is 0 Å². The molecule has 3 rings (SSSR count). The first kappa shape index (κ1) is 22.0. The number of primary sulfonamides is 1. The molecule has 12 heteroatoms. The van der Waals surface area contributed by atoms with Gasteiger partial charge >= 0.3 is 6.18 Å². The lowest BCUT2D eigenvalue weighted by molar-refractivity contribution is -0.139. The van der Waals surface area contributed by atoms with Crippen LogP contribution in [0.4, 0.5) is 27.6 Å². The highest BCUT2D eigenvalue weighted by molar-refractivity contribution is 7.89. The van der Waals surface area contributed by atoms with Crippen LogP contribution < -0.4 is 10.0 Å². The second-order valence-corrected chi connectivity index (χ2v) is 8.16. The molecule has 0 aromatic heterocycles. The summed E-state index contributed by atoms with van der Waals surface area (Å²) in [7, 11) is -4.58. The minimum Gasteiger partial charge on any atom is -0.368 e. The van der Waals surface area contributed by atoms with Crippen LogP contribution in [0.1, 0.15) is 15.9 Å². The molecule has 1 heterocycles. The molecule has 162 valence electrons. The number of hydrogen-bond donors (Lipinski definition) is 1. The van der Waals surface area contributed by atoms with Crippen LogP contribution >= 0.6 is 0 Å². The molecule has 0 atom stereocenters. The lowest BCUT2D eigenvalue weighted by Gasteiger charge is -2.36.